The predicted octanol–water partition coefficient (Wildman–Crippen LogP) is 4.97. The van der Waals surface area contributed by atoms with Crippen molar-refractivity contribution >= 4 is 64.9 Å². The third kappa shape index (κ3) is 5.69. The van der Waals surface area contributed by atoms with Crippen LogP contribution in [0.4, 0.5) is 4.79 Å². The predicted molar refractivity (Wildman–Crippen MR) is 99.8 cm³/mol. The van der Waals surface area contributed by atoms with Gasteiger partial charge >= 0.3 is 6.03 Å². The topological polar surface area (TPSA) is 65.8 Å². The fourth-order valence-corrected chi connectivity index (χ4v) is 2.47. The zero-order chi connectivity index (χ0) is 17.5. The van der Waals surface area contributed by atoms with Crippen molar-refractivity contribution in [2.24, 2.45) is 10.2 Å². The van der Waals surface area contributed by atoms with Crippen molar-refractivity contribution in [2.75, 3.05) is 0 Å². The Morgan fingerprint density at radius 2 is 1.21 bits per heavy atom. The lowest BCUT2D eigenvalue weighted by molar-refractivity contribution is 0.242. The van der Waals surface area contributed by atoms with Gasteiger partial charge in [-0.25, -0.2) is 15.6 Å². The number of hydrogen-bond donors (Lipinski definition) is 2. The summed E-state index contributed by atoms with van der Waals surface area (Å²) in [4.78, 5) is 11.5. The first kappa shape index (κ1) is 18.5. The average Bonchev–Trinajstić information content (AvgIpc) is 2.51. The maximum Gasteiger partial charge on any atom is 0.355 e. The Morgan fingerprint density at radius 3 is 1.58 bits per heavy atom. The summed E-state index contributed by atoms with van der Waals surface area (Å²) in [7, 11) is 0. The Morgan fingerprint density at radius 1 is 0.792 bits per heavy atom. The molecule has 0 heterocycles. The van der Waals surface area contributed by atoms with Crippen LogP contribution in [0.15, 0.2) is 46.6 Å². The maximum absolute atomic E-state index is 11.5. The molecule has 2 N–H and O–H groups in total. The van der Waals surface area contributed by atoms with E-state index in [0.717, 1.165) is 0 Å². The van der Waals surface area contributed by atoms with Gasteiger partial charge in [0.25, 0.3) is 0 Å². The fraction of sp³-hybridized carbons (Fsp3) is 0. The van der Waals surface area contributed by atoms with Crippen LogP contribution in [-0.2, 0) is 0 Å². The van der Waals surface area contributed by atoms with Crippen LogP contribution in [0.3, 0.4) is 0 Å². The zero-order valence-corrected chi connectivity index (χ0v) is 15.0. The standard InChI is InChI=1S/C15H10Cl4N4O/c16-11-3-1-9(13(18)5-11)7-20-22-15(24)23-21-8-10-2-4-12(17)6-14(10)19/h1-8H,(H2,22,23,24)/b20-7-,21-8-. The van der Waals surface area contributed by atoms with Crippen LogP contribution in [0.2, 0.25) is 20.1 Å². The summed E-state index contributed by atoms with van der Waals surface area (Å²) >= 11 is 23.5. The van der Waals surface area contributed by atoms with Crippen LogP contribution < -0.4 is 10.9 Å². The Kier molecular flexibility index (Phi) is 6.87. The Bertz CT molecular complexity index is 743. The second kappa shape index (κ2) is 8.89. The van der Waals surface area contributed by atoms with Crippen molar-refractivity contribution in [1.82, 2.24) is 10.9 Å². The smallest absolute Gasteiger partial charge is 0.245 e. The molecule has 0 atom stereocenters. The summed E-state index contributed by atoms with van der Waals surface area (Å²) in [6.45, 7) is 0. The Labute approximate surface area is 158 Å². The van der Waals surface area contributed by atoms with Crippen molar-refractivity contribution in [2.45, 2.75) is 0 Å². The molecule has 24 heavy (non-hydrogen) atoms. The molecule has 0 radical (unpaired) electrons. The number of hydrazone groups is 2. The number of amides is 2. The van der Waals surface area contributed by atoms with Crippen molar-refractivity contribution in [3.05, 3.63) is 67.6 Å². The quantitative estimate of drug-likeness (QED) is 0.549. The molecule has 9 heteroatoms. The molecule has 0 bridgehead atoms. The van der Waals surface area contributed by atoms with E-state index in [1.165, 1.54) is 12.4 Å². The fourth-order valence-electron chi connectivity index (χ4n) is 1.56. The summed E-state index contributed by atoms with van der Waals surface area (Å²) < 4.78 is 0. The van der Waals surface area contributed by atoms with Crippen molar-refractivity contribution < 1.29 is 4.79 Å². The van der Waals surface area contributed by atoms with E-state index in [1.807, 2.05) is 0 Å². The molecule has 0 spiro atoms. The van der Waals surface area contributed by atoms with Gasteiger partial charge in [-0.3, -0.25) is 0 Å². The number of hydrogen-bond acceptors (Lipinski definition) is 3. The van der Waals surface area contributed by atoms with E-state index >= 15 is 0 Å². The van der Waals surface area contributed by atoms with Gasteiger partial charge in [-0.2, -0.15) is 10.2 Å². The highest BCUT2D eigenvalue weighted by atomic mass is 35.5. The van der Waals surface area contributed by atoms with Crippen molar-refractivity contribution in [3.63, 3.8) is 0 Å². The number of nitrogens with zero attached hydrogens (tertiary/aromatic N) is 2. The van der Waals surface area contributed by atoms with Gasteiger partial charge in [-0.05, 0) is 24.3 Å². The van der Waals surface area contributed by atoms with Crippen LogP contribution in [-0.4, -0.2) is 18.5 Å². The summed E-state index contributed by atoms with van der Waals surface area (Å²) in [6.07, 6.45) is 2.77. The highest BCUT2D eigenvalue weighted by Gasteiger charge is 2.00. The molecule has 2 aromatic carbocycles. The van der Waals surface area contributed by atoms with E-state index < -0.39 is 6.03 Å². The van der Waals surface area contributed by atoms with E-state index in [2.05, 4.69) is 21.1 Å². The Hall–Kier alpha value is -1.79. The number of benzene rings is 2. The molecule has 124 valence electrons. The van der Waals surface area contributed by atoms with Gasteiger partial charge in [-0.15, -0.1) is 0 Å². The normalized spacial score (nSPS) is 11.2. The van der Waals surface area contributed by atoms with Crippen molar-refractivity contribution in [1.29, 1.82) is 0 Å². The number of urea groups is 1. The summed E-state index contributed by atoms with van der Waals surface area (Å²) in [6, 6.07) is 9.19. The van der Waals surface area contributed by atoms with Crippen molar-refractivity contribution in [3.8, 4) is 0 Å². The first-order valence-corrected chi connectivity index (χ1v) is 7.99. The van der Waals surface area contributed by atoms with Gasteiger partial charge in [0.1, 0.15) is 0 Å². The average molecular weight is 404 g/mol. The largest absolute Gasteiger partial charge is 0.355 e. The third-order valence-corrected chi connectivity index (χ3v) is 3.79. The van der Waals surface area contributed by atoms with Gasteiger partial charge in [0, 0.05) is 21.2 Å². The SMILES string of the molecule is O=C(N/N=C\c1ccc(Cl)cc1Cl)N/N=C\c1ccc(Cl)cc1Cl. The molecule has 2 rings (SSSR count). The first-order chi connectivity index (χ1) is 11.5. The van der Waals surface area contributed by atoms with Gasteiger partial charge in [-0.1, -0.05) is 58.5 Å². The van der Waals surface area contributed by atoms with E-state index in [1.54, 1.807) is 36.4 Å². The number of nitrogens with one attached hydrogen (secondary N) is 2. The molecular formula is C15H10Cl4N4O. The maximum atomic E-state index is 11.5. The minimum Gasteiger partial charge on any atom is -0.245 e. The minimum atomic E-state index is -0.627. The molecule has 0 fully saturated rings. The second-order valence-electron chi connectivity index (χ2n) is 4.40. The van der Waals surface area contributed by atoms with E-state index in [-0.39, 0.29) is 0 Å². The first-order valence-electron chi connectivity index (χ1n) is 6.48. The highest BCUT2D eigenvalue weighted by molar-refractivity contribution is 6.36. The molecule has 0 unspecified atom stereocenters. The number of carbonyl (C=O) groups excluding carboxylic acids is 1. The molecule has 0 saturated heterocycles. The molecule has 2 aromatic rings. The lowest BCUT2D eigenvalue weighted by atomic mass is 10.2. The van der Waals surface area contributed by atoms with E-state index in [0.29, 0.717) is 31.2 Å². The lowest BCUT2D eigenvalue weighted by Crippen LogP contribution is -2.28. The van der Waals surface area contributed by atoms with Gasteiger partial charge < -0.3 is 0 Å². The van der Waals surface area contributed by atoms with Crippen LogP contribution in [0.25, 0.3) is 0 Å². The summed E-state index contributed by atoms with van der Waals surface area (Å²) in [5, 5.41) is 9.37. The molecule has 0 aliphatic carbocycles. The van der Waals surface area contributed by atoms with Gasteiger partial charge in [0.15, 0.2) is 0 Å². The summed E-state index contributed by atoms with van der Waals surface area (Å²) in [5.74, 6) is 0. The number of carbonyl (C=O) groups is 1. The summed E-state index contributed by atoms with van der Waals surface area (Å²) in [5.41, 5.74) is 5.70. The van der Waals surface area contributed by atoms with Gasteiger partial charge in [0.05, 0.1) is 22.5 Å². The molecule has 0 saturated carbocycles. The highest BCUT2D eigenvalue weighted by Crippen LogP contribution is 2.20. The molecule has 2 amide bonds. The molecular weight excluding hydrogens is 394 g/mol. The molecule has 0 aliphatic heterocycles. The van der Waals surface area contributed by atoms with Crippen LogP contribution in [0.1, 0.15) is 11.1 Å². The Balaban J connectivity index is 1.87. The third-order valence-electron chi connectivity index (χ3n) is 2.66. The second-order valence-corrected chi connectivity index (χ2v) is 6.09. The zero-order valence-electron chi connectivity index (χ0n) is 11.9. The molecule has 5 nitrogen and oxygen atoms in total. The molecule has 0 aromatic heterocycles. The van der Waals surface area contributed by atoms with Crippen LogP contribution >= 0.6 is 46.4 Å². The van der Waals surface area contributed by atoms with Crippen LogP contribution in [0, 0.1) is 0 Å². The lowest BCUT2D eigenvalue weighted by Gasteiger charge is -2.00. The van der Waals surface area contributed by atoms with E-state index in [9.17, 15) is 4.79 Å². The monoisotopic (exact) mass is 402 g/mol. The van der Waals surface area contributed by atoms with E-state index in [4.69, 9.17) is 46.4 Å². The number of halogens is 4. The number of rotatable bonds is 4. The molecule has 0 aliphatic rings. The minimum absolute atomic E-state index is 0.420. The van der Waals surface area contributed by atoms with Gasteiger partial charge in [0.2, 0.25) is 0 Å². The van der Waals surface area contributed by atoms with Crippen LogP contribution in [0.5, 0.6) is 0 Å².